The average molecular weight is 435 g/mol. The van der Waals surface area contributed by atoms with Gasteiger partial charge in [-0.05, 0) is 54.4 Å². The van der Waals surface area contributed by atoms with Crippen molar-refractivity contribution in [1.29, 1.82) is 0 Å². The van der Waals surface area contributed by atoms with Crippen molar-refractivity contribution in [3.63, 3.8) is 0 Å². The van der Waals surface area contributed by atoms with Crippen molar-refractivity contribution in [2.24, 2.45) is 0 Å². The van der Waals surface area contributed by atoms with Crippen molar-refractivity contribution in [2.45, 2.75) is 18.9 Å². The molecule has 4 rings (SSSR count). The third kappa shape index (κ3) is 5.52. The second-order valence-corrected chi connectivity index (χ2v) is 8.34. The molecule has 3 aromatic carbocycles. The van der Waals surface area contributed by atoms with E-state index >= 15 is 0 Å². The fourth-order valence-corrected chi connectivity index (χ4v) is 4.69. The Labute approximate surface area is 187 Å². The predicted molar refractivity (Wildman–Crippen MR) is 126 cm³/mol. The maximum atomic E-state index is 12.9. The van der Waals surface area contributed by atoms with E-state index in [-0.39, 0.29) is 11.4 Å². The molecule has 1 aliphatic heterocycles. The zero-order chi connectivity index (χ0) is 21.5. The zero-order valence-corrected chi connectivity index (χ0v) is 18.3. The van der Waals surface area contributed by atoms with Crippen LogP contribution in [0.25, 0.3) is 0 Å². The van der Waals surface area contributed by atoms with Gasteiger partial charge in [0.05, 0.1) is 6.61 Å². The highest BCUT2D eigenvalue weighted by molar-refractivity contribution is 7.99. The summed E-state index contributed by atoms with van der Waals surface area (Å²) >= 11 is 1.76. The van der Waals surface area contributed by atoms with Crippen LogP contribution in [-0.2, 0) is 6.61 Å². The molecule has 0 bridgehead atoms. The molecule has 2 amide bonds. The van der Waals surface area contributed by atoms with Gasteiger partial charge in [0.2, 0.25) is 0 Å². The molecule has 0 spiro atoms. The topological polar surface area (TPSA) is 50.8 Å². The monoisotopic (exact) mass is 434 g/mol. The first-order valence-corrected chi connectivity index (χ1v) is 11.5. The zero-order valence-electron chi connectivity index (χ0n) is 17.5. The first-order chi connectivity index (χ1) is 15.2. The Bertz CT molecular complexity index is 995. The molecule has 5 nitrogen and oxygen atoms in total. The summed E-state index contributed by atoms with van der Waals surface area (Å²) in [6.07, 6.45) is 0. The van der Waals surface area contributed by atoms with E-state index in [0.717, 1.165) is 34.1 Å². The van der Waals surface area contributed by atoms with E-state index in [9.17, 15) is 4.79 Å². The van der Waals surface area contributed by atoms with Crippen molar-refractivity contribution in [2.75, 3.05) is 24.2 Å². The first kappa shape index (κ1) is 21.1. The quantitative estimate of drug-likeness (QED) is 0.500. The number of carbonyl (C=O) groups excluding carboxylic acids is 1. The summed E-state index contributed by atoms with van der Waals surface area (Å²) in [5.74, 6) is 2.50. The van der Waals surface area contributed by atoms with E-state index in [1.165, 1.54) is 0 Å². The number of amides is 2. The number of rotatable bonds is 7. The number of nitrogens with zero attached hydrogens (tertiary/aromatic N) is 1. The minimum Gasteiger partial charge on any atom is -0.494 e. The van der Waals surface area contributed by atoms with Gasteiger partial charge in [-0.25, -0.2) is 4.79 Å². The number of ether oxygens (including phenoxy) is 2. The molecular weight excluding hydrogens is 408 g/mol. The molecule has 1 saturated heterocycles. The lowest BCUT2D eigenvalue weighted by molar-refractivity contribution is 0.214. The van der Waals surface area contributed by atoms with Gasteiger partial charge in [0.15, 0.2) is 0 Å². The molecule has 6 heteroatoms. The summed E-state index contributed by atoms with van der Waals surface area (Å²) in [6, 6.07) is 25.5. The maximum absolute atomic E-state index is 12.9. The van der Waals surface area contributed by atoms with Crippen molar-refractivity contribution >= 4 is 23.5 Å². The van der Waals surface area contributed by atoms with E-state index < -0.39 is 0 Å². The first-order valence-electron chi connectivity index (χ1n) is 10.4. The SMILES string of the molecule is CCOc1ccc(NC(=O)N2CCSC2c2cccc(OCc3ccccc3)c2)cc1. The Morgan fingerprint density at radius 3 is 2.58 bits per heavy atom. The Morgan fingerprint density at radius 1 is 1.00 bits per heavy atom. The second-order valence-electron chi connectivity index (χ2n) is 7.15. The van der Waals surface area contributed by atoms with E-state index in [1.54, 1.807) is 11.8 Å². The van der Waals surface area contributed by atoms with Crippen LogP contribution in [0.15, 0.2) is 78.9 Å². The Balaban J connectivity index is 1.41. The van der Waals surface area contributed by atoms with Gasteiger partial charge in [-0.1, -0.05) is 42.5 Å². The van der Waals surface area contributed by atoms with Crippen LogP contribution in [0.1, 0.15) is 23.4 Å². The highest BCUT2D eigenvalue weighted by Gasteiger charge is 2.31. The number of benzene rings is 3. The van der Waals surface area contributed by atoms with Gasteiger partial charge in [-0.15, -0.1) is 11.8 Å². The van der Waals surface area contributed by atoms with Crippen molar-refractivity contribution in [3.8, 4) is 11.5 Å². The van der Waals surface area contributed by atoms with Crippen LogP contribution in [0.5, 0.6) is 11.5 Å². The number of hydrogen-bond acceptors (Lipinski definition) is 4. The molecular formula is C25H26N2O3S. The van der Waals surface area contributed by atoms with Crippen LogP contribution in [0.3, 0.4) is 0 Å². The summed E-state index contributed by atoms with van der Waals surface area (Å²) in [5, 5.41) is 2.96. The Hall–Kier alpha value is -3.12. The molecule has 0 radical (unpaired) electrons. The third-order valence-electron chi connectivity index (χ3n) is 4.96. The van der Waals surface area contributed by atoms with Crippen LogP contribution in [0.2, 0.25) is 0 Å². The van der Waals surface area contributed by atoms with Crippen molar-refractivity contribution in [1.82, 2.24) is 4.90 Å². The van der Waals surface area contributed by atoms with E-state index in [0.29, 0.717) is 19.8 Å². The van der Waals surface area contributed by atoms with Gasteiger partial charge in [0.25, 0.3) is 0 Å². The lowest BCUT2D eigenvalue weighted by Gasteiger charge is -2.25. The minimum absolute atomic E-state index is 0.0389. The van der Waals surface area contributed by atoms with E-state index in [2.05, 4.69) is 11.4 Å². The van der Waals surface area contributed by atoms with Crippen molar-refractivity contribution < 1.29 is 14.3 Å². The lowest BCUT2D eigenvalue weighted by Crippen LogP contribution is -2.34. The predicted octanol–water partition coefficient (Wildman–Crippen LogP) is 5.94. The standard InChI is InChI=1S/C25H26N2O3S/c1-2-29-22-13-11-21(12-14-22)26-25(28)27-15-16-31-24(27)20-9-6-10-23(17-20)30-18-19-7-4-3-5-8-19/h3-14,17,24H,2,15-16,18H2,1H3,(H,26,28). The Kier molecular flexibility index (Phi) is 6.99. The molecule has 1 fully saturated rings. The highest BCUT2D eigenvalue weighted by Crippen LogP contribution is 2.39. The van der Waals surface area contributed by atoms with Gasteiger partial charge in [-0.2, -0.15) is 0 Å². The summed E-state index contributed by atoms with van der Waals surface area (Å²) in [7, 11) is 0. The number of carbonyl (C=O) groups is 1. The van der Waals surface area contributed by atoms with Crippen LogP contribution in [-0.4, -0.2) is 29.8 Å². The minimum atomic E-state index is -0.102. The van der Waals surface area contributed by atoms with Crippen molar-refractivity contribution in [3.05, 3.63) is 90.0 Å². The molecule has 0 aliphatic carbocycles. The third-order valence-corrected chi connectivity index (χ3v) is 6.22. The molecule has 1 heterocycles. The summed E-state index contributed by atoms with van der Waals surface area (Å²) in [6.45, 7) is 3.78. The summed E-state index contributed by atoms with van der Waals surface area (Å²) < 4.78 is 11.4. The maximum Gasteiger partial charge on any atom is 0.323 e. The largest absolute Gasteiger partial charge is 0.494 e. The molecule has 3 aromatic rings. The van der Waals surface area contributed by atoms with Gasteiger partial charge in [-0.3, -0.25) is 0 Å². The molecule has 1 atom stereocenters. The average Bonchev–Trinajstić information content (AvgIpc) is 3.30. The fourth-order valence-electron chi connectivity index (χ4n) is 3.45. The normalized spacial score (nSPS) is 15.5. The summed E-state index contributed by atoms with van der Waals surface area (Å²) in [5.41, 5.74) is 2.94. The second kappa shape index (κ2) is 10.3. The highest BCUT2D eigenvalue weighted by atomic mass is 32.2. The number of urea groups is 1. The number of thioether (sulfide) groups is 1. The molecule has 0 aromatic heterocycles. The molecule has 1 aliphatic rings. The number of hydrogen-bond donors (Lipinski definition) is 1. The molecule has 160 valence electrons. The Morgan fingerprint density at radius 2 is 1.81 bits per heavy atom. The van der Waals surface area contributed by atoms with E-state index in [1.807, 2.05) is 84.6 Å². The van der Waals surface area contributed by atoms with Gasteiger partial charge in [0.1, 0.15) is 23.5 Å². The number of nitrogens with one attached hydrogen (secondary N) is 1. The van der Waals surface area contributed by atoms with Crippen LogP contribution >= 0.6 is 11.8 Å². The molecule has 1 N–H and O–H groups in total. The van der Waals surface area contributed by atoms with Gasteiger partial charge < -0.3 is 19.7 Å². The van der Waals surface area contributed by atoms with Crippen LogP contribution in [0, 0.1) is 0 Å². The van der Waals surface area contributed by atoms with Gasteiger partial charge >= 0.3 is 6.03 Å². The molecule has 0 saturated carbocycles. The van der Waals surface area contributed by atoms with Crippen LogP contribution in [0.4, 0.5) is 10.5 Å². The van der Waals surface area contributed by atoms with Gasteiger partial charge in [0, 0.05) is 18.0 Å². The lowest BCUT2D eigenvalue weighted by atomic mass is 10.2. The fraction of sp³-hybridized carbons (Fsp3) is 0.240. The smallest absolute Gasteiger partial charge is 0.323 e. The van der Waals surface area contributed by atoms with Crippen LogP contribution < -0.4 is 14.8 Å². The van der Waals surface area contributed by atoms with E-state index in [4.69, 9.17) is 9.47 Å². The molecule has 1 unspecified atom stereocenters. The summed E-state index contributed by atoms with van der Waals surface area (Å²) in [4.78, 5) is 14.8. The number of anilines is 1. The molecule has 31 heavy (non-hydrogen) atoms.